The second-order valence-corrected chi connectivity index (χ2v) is 9.59. The lowest BCUT2D eigenvalue weighted by Crippen LogP contribution is -2.16. The van der Waals surface area contributed by atoms with Crippen LogP contribution in [-0.4, -0.2) is 28.0 Å². The van der Waals surface area contributed by atoms with Gasteiger partial charge >= 0.3 is 0 Å². The Labute approximate surface area is 212 Å². The molecule has 0 heterocycles. The van der Waals surface area contributed by atoms with E-state index < -0.39 is 15.9 Å². The highest BCUT2D eigenvalue weighted by Crippen LogP contribution is 2.32. The molecule has 8 nitrogen and oxygen atoms in total. The van der Waals surface area contributed by atoms with Crippen LogP contribution in [0.2, 0.25) is 0 Å². The zero-order valence-electron chi connectivity index (χ0n) is 18.9. The molecule has 3 rings (SSSR count). The van der Waals surface area contributed by atoms with E-state index in [4.69, 9.17) is 9.47 Å². The Bertz CT molecular complexity index is 1400. The second kappa shape index (κ2) is 11.6. The first kappa shape index (κ1) is 25.8. The van der Waals surface area contributed by atoms with Crippen LogP contribution in [0.1, 0.15) is 12.5 Å². The number of halogens is 1. The topological polar surface area (TPSA) is 118 Å². The van der Waals surface area contributed by atoms with Gasteiger partial charge in [-0.05, 0) is 70.9 Å². The van der Waals surface area contributed by atoms with Gasteiger partial charge in [0.05, 0.1) is 23.9 Å². The lowest BCUT2D eigenvalue weighted by molar-refractivity contribution is -0.112. The summed E-state index contributed by atoms with van der Waals surface area (Å²) in [4.78, 5) is 12.5. The molecule has 2 N–H and O–H groups in total. The highest BCUT2D eigenvalue weighted by Gasteiger charge is 2.22. The predicted molar refractivity (Wildman–Crippen MR) is 138 cm³/mol. The quantitative estimate of drug-likeness (QED) is 0.276. The maximum Gasteiger partial charge on any atom is 0.266 e. The monoisotopic (exact) mass is 555 g/mol. The Hall–Kier alpha value is -3.81. The second-order valence-electron chi connectivity index (χ2n) is 7.08. The fraction of sp³-hybridized carbons (Fsp3) is 0.120. The number of nitrogens with zero attached hydrogens (tertiary/aromatic N) is 1. The van der Waals surface area contributed by atoms with E-state index in [9.17, 15) is 18.5 Å². The maximum atomic E-state index is 13.2. The number of hydrogen-bond acceptors (Lipinski definition) is 6. The van der Waals surface area contributed by atoms with Gasteiger partial charge in [0, 0.05) is 5.69 Å². The molecule has 180 valence electrons. The Balaban J connectivity index is 1.88. The standard InChI is InChI=1S/C25H22BrN3O5S/c1-3-34-22-11-10-20(14-21(22)26)29-35(31,32)24-15-19(9-12-23(24)33-2)28-25(30)18(16-27)13-17-7-5-4-6-8-17/h4-15,29H,3H2,1-2H3,(H,28,30). The van der Waals surface area contributed by atoms with E-state index in [2.05, 4.69) is 26.0 Å². The largest absolute Gasteiger partial charge is 0.495 e. The van der Waals surface area contributed by atoms with E-state index in [1.54, 1.807) is 42.5 Å². The third-order valence-corrected chi connectivity index (χ3v) is 6.69. The molecule has 0 bridgehead atoms. The summed E-state index contributed by atoms with van der Waals surface area (Å²) in [5.41, 5.74) is 1.03. The van der Waals surface area contributed by atoms with Crippen molar-refractivity contribution < 1.29 is 22.7 Å². The number of ether oxygens (including phenoxy) is 2. The molecular weight excluding hydrogens is 534 g/mol. The van der Waals surface area contributed by atoms with Crippen LogP contribution in [0, 0.1) is 11.3 Å². The third-order valence-electron chi connectivity index (χ3n) is 4.67. The van der Waals surface area contributed by atoms with Crippen LogP contribution in [0.15, 0.2) is 81.7 Å². The summed E-state index contributed by atoms with van der Waals surface area (Å²) in [6.45, 7) is 2.31. The maximum absolute atomic E-state index is 13.2. The Morgan fingerprint density at radius 3 is 2.37 bits per heavy atom. The van der Waals surface area contributed by atoms with Gasteiger partial charge in [-0.1, -0.05) is 30.3 Å². The number of benzene rings is 3. The van der Waals surface area contributed by atoms with Crippen LogP contribution in [0.25, 0.3) is 6.08 Å². The molecule has 3 aromatic rings. The van der Waals surface area contributed by atoms with Gasteiger partial charge in [-0.25, -0.2) is 8.42 Å². The molecule has 0 atom stereocenters. The highest BCUT2D eigenvalue weighted by molar-refractivity contribution is 9.10. The lowest BCUT2D eigenvalue weighted by atomic mass is 10.1. The summed E-state index contributed by atoms with van der Waals surface area (Å²) >= 11 is 3.36. The van der Waals surface area contributed by atoms with Gasteiger partial charge < -0.3 is 14.8 Å². The van der Waals surface area contributed by atoms with Gasteiger partial charge in [-0.2, -0.15) is 5.26 Å². The van der Waals surface area contributed by atoms with Crippen molar-refractivity contribution >= 4 is 49.3 Å². The molecule has 0 saturated heterocycles. The molecule has 0 spiro atoms. The Morgan fingerprint density at radius 2 is 1.74 bits per heavy atom. The normalized spacial score (nSPS) is 11.3. The van der Waals surface area contributed by atoms with Gasteiger partial charge in [-0.15, -0.1) is 0 Å². The summed E-state index contributed by atoms with van der Waals surface area (Å²) in [6, 6.07) is 19.7. The van der Waals surface area contributed by atoms with E-state index in [0.29, 0.717) is 28.1 Å². The number of rotatable bonds is 9. The van der Waals surface area contributed by atoms with Crippen molar-refractivity contribution in [3.8, 4) is 17.6 Å². The summed E-state index contributed by atoms with van der Waals surface area (Å²) in [6.07, 6.45) is 1.45. The first-order chi connectivity index (χ1) is 16.8. The molecule has 35 heavy (non-hydrogen) atoms. The zero-order chi connectivity index (χ0) is 25.4. The van der Waals surface area contributed by atoms with Crippen molar-refractivity contribution in [1.82, 2.24) is 0 Å². The number of sulfonamides is 1. The van der Waals surface area contributed by atoms with Crippen molar-refractivity contribution in [2.24, 2.45) is 0 Å². The van der Waals surface area contributed by atoms with Gasteiger partial charge in [0.15, 0.2) is 0 Å². The van der Waals surface area contributed by atoms with Crippen molar-refractivity contribution in [3.05, 3.63) is 82.3 Å². The van der Waals surface area contributed by atoms with Crippen molar-refractivity contribution in [3.63, 3.8) is 0 Å². The number of amides is 1. The molecule has 0 radical (unpaired) electrons. The Morgan fingerprint density at radius 1 is 1.06 bits per heavy atom. The highest BCUT2D eigenvalue weighted by atomic mass is 79.9. The molecule has 0 aliphatic rings. The molecule has 0 aliphatic heterocycles. The lowest BCUT2D eigenvalue weighted by Gasteiger charge is -2.14. The minimum absolute atomic E-state index is 0.0841. The fourth-order valence-corrected chi connectivity index (χ4v) is 4.81. The molecule has 0 saturated carbocycles. The minimum Gasteiger partial charge on any atom is -0.495 e. The van der Waals surface area contributed by atoms with E-state index in [1.165, 1.54) is 31.4 Å². The average molecular weight is 556 g/mol. The number of anilines is 2. The molecular formula is C25H22BrN3O5S. The summed E-state index contributed by atoms with van der Waals surface area (Å²) in [5.74, 6) is -0.0105. The SMILES string of the molecule is CCOc1ccc(NS(=O)(=O)c2cc(NC(=O)C(C#N)=Cc3ccccc3)ccc2OC)cc1Br. The smallest absolute Gasteiger partial charge is 0.266 e. The van der Waals surface area contributed by atoms with Crippen LogP contribution in [0.3, 0.4) is 0 Å². The predicted octanol–water partition coefficient (Wildman–Crippen LogP) is 5.20. The van der Waals surface area contributed by atoms with Crippen LogP contribution in [-0.2, 0) is 14.8 Å². The van der Waals surface area contributed by atoms with Crippen LogP contribution in [0.5, 0.6) is 11.5 Å². The third kappa shape index (κ3) is 6.62. The summed E-state index contributed by atoms with van der Waals surface area (Å²) in [5, 5.41) is 12.0. The summed E-state index contributed by atoms with van der Waals surface area (Å²) < 4.78 is 40.1. The Kier molecular flexibility index (Phi) is 8.52. The van der Waals surface area contributed by atoms with Crippen molar-refractivity contribution in [2.45, 2.75) is 11.8 Å². The fourth-order valence-electron chi connectivity index (χ4n) is 3.07. The molecule has 3 aromatic carbocycles. The number of carbonyl (C=O) groups excluding carboxylic acids is 1. The molecule has 0 aliphatic carbocycles. The number of methoxy groups -OCH3 is 1. The van der Waals surface area contributed by atoms with Gasteiger partial charge in [0.1, 0.15) is 28.0 Å². The van der Waals surface area contributed by atoms with Crippen molar-refractivity contribution in [1.29, 1.82) is 5.26 Å². The average Bonchev–Trinajstić information content (AvgIpc) is 2.84. The van der Waals surface area contributed by atoms with E-state index in [0.717, 1.165) is 0 Å². The molecule has 10 heteroatoms. The molecule has 1 amide bonds. The van der Waals surface area contributed by atoms with E-state index >= 15 is 0 Å². The summed E-state index contributed by atoms with van der Waals surface area (Å²) in [7, 11) is -2.75. The van der Waals surface area contributed by atoms with Gasteiger partial charge in [0.2, 0.25) is 0 Å². The van der Waals surface area contributed by atoms with Crippen molar-refractivity contribution in [2.75, 3.05) is 23.8 Å². The number of nitriles is 1. The van der Waals surface area contributed by atoms with Crippen LogP contribution in [0.4, 0.5) is 11.4 Å². The molecule has 0 unspecified atom stereocenters. The van der Waals surface area contributed by atoms with E-state index in [1.807, 2.05) is 19.1 Å². The van der Waals surface area contributed by atoms with E-state index in [-0.39, 0.29) is 21.9 Å². The van der Waals surface area contributed by atoms with Crippen LogP contribution >= 0.6 is 15.9 Å². The van der Waals surface area contributed by atoms with Crippen LogP contribution < -0.4 is 19.5 Å². The first-order valence-corrected chi connectivity index (χ1v) is 12.7. The number of nitrogens with one attached hydrogen (secondary N) is 2. The molecule has 0 aromatic heterocycles. The van der Waals surface area contributed by atoms with Gasteiger partial charge in [-0.3, -0.25) is 9.52 Å². The first-order valence-electron chi connectivity index (χ1n) is 10.4. The minimum atomic E-state index is -4.10. The number of hydrogen-bond donors (Lipinski definition) is 2. The molecule has 0 fully saturated rings. The zero-order valence-corrected chi connectivity index (χ0v) is 21.3. The number of carbonyl (C=O) groups is 1. The van der Waals surface area contributed by atoms with Gasteiger partial charge in [0.25, 0.3) is 15.9 Å².